The maximum Gasteiger partial charge on any atom is 0.223 e. The molecule has 20 heavy (non-hydrogen) atoms. The highest BCUT2D eigenvalue weighted by atomic mass is 16.5. The molecule has 1 N–H and O–H groups in total. The van der Waals surface area contributed by atoms with Crippen LogP contribution in [0.4, 0.5) is 0 Å². The van der Waals surface area contributed by atoms with Gasteiger partial charge < -0.3 is 10.1 Å². The van der Waals surface area contributed by atoms with Crippen molar-refractivity contribution in [2.24, 2.45) is 11.3 Å². The average molecular weight is 273 g/mol. The third kappa shape index (κ3) is 2.82. The fourth-order valence-electron chi connectivity index (χ4n) is 2.94. The summed E-state index contributed by atoms with van der Waals surface area (Å²) >= 11 is 0. The maximum absolute atomic E-state index is 12.0. The second-order valence-electron chi connectivity index (χ2n) is 6.12. The summed E-state index contributed by atoms with van der Waals surface area (Å²) in [5.41, 5.74) is 1.63. The van der Waals surface area contributed by atoms with Gasteiger partial charge in [0.15, 0.2) is 0 Å². The van der Waals surface area contributed by atoms with E-state index in [2.05, 4.69) is 18.3 Å². The monoisotopic (exact) mass is 273 g/mol. The summed E-state index contributed by atoms with van der Waals surface area (Å²) in [5, 5.41) is 3.08. The van der Waals surface area contributed by atoms with Crippen LogP contribution in [0.25, 0.3) is 0 Å². The van der Waals surface area contributed by atoms with Gasteiger partial charge in [0.1, 0.15) is 5.75 Å². The Labute approximate surface area is 120 Å². The van der Waals surface area contributed by atoms with Gasteiger partial charge in [0.25, 0.3) is 0 Å². The number of rotatable bonds is 7. The van der Waals surface area contributed by atoms with Gasteiger partial charge in [-0.1, -0.05) is 25.1 Å². The Morgan fingerprint density at radius 2 is 2.20 bits per heavy atom. The Balaban J connectivity index is 1.46. The molecule has 2 fully saturated rings. The number of nitrogens with one attached hydrogen (secondary N) is 1. The van der Waals surface area contributed by atoms with Crippen molar-refractivity contribution in [1.82, 2.24) is 5.32 Å². The predicted octanol–water partition coefficient (Wildman–Crippen LogP) is 2.93. The first kappa shape index (κ1) is 13.5. The Hall–Kier alpha value is -1.51. The third-order valence-electron chi connectivity index (χ3n) is 4.53. The quantitative estimate of drug-likeness (QED) is 0.829. The van der Waals surface area contributed by atoms with Crippen LogP contribution in [0.5, 0.6) is 5.75 Å². The van der Waals surface area contributed by atoms with Crippen molar-refractivity contribution in [3.8, 4) is 5.75 Å². The van der Waals surface area contributed by atoms with Crippen LogP contribution in [0.1, 0.15) is 38.2 Å². The fourth-order valence-corrected chi connectivity index (χ4v) is 2.94. The van der Waals surface area contributed by atoms with Crippen LogP contribution in [0, 0.1) is 11.3 Å². The molecule has 3 heteroatoms. The number of para-hydroxylation sites is 1. The summed E-state index contributed by atoms with van der Waals surface area (Å²) in [6.07, 6.45) is 5.49. The van der Waals surface area contributed by atoms with Gasteiger partial charge in [-0.2, -0.15) is 0 Å². The van der Waals surface area contributed by atoms with Gasteiger partial charge in [-0.3, -0.25) is 4.79 Å². The van der Waals surface area contributed by atoms with Crippen molar-refractivity contribution in [3.63, 3.8) is 0 Å². The molecule has 1 spiro atoms. The normalized spacial score (nSPS) is 21.6. The van der Waals surface area contributed by atoms with Gasteiger partial charge >= 0.3 is 0 Å². The van der Waals surface area contributed by atoms with E-state index in [0.29, 0.717) is 17.9 Å². The second kappa shape index (κ2) is 5.47. The molecule has 3 rings (SSSR count). The summed E-state index contributed by atoms with van der Waals surface area (Å²) in [6.45, 7) is 3.55. The van der Waals surface area contributed by atoms with E-state index in [-0.39, 0.29) is 5.91 Å². The lowest BCUT2D eigenvalue weighted by Crippen LogP contribution is -2.27. The van der Waals surface area contributed by atoms with Gasteiger partial charge in [0.2, 0.25) is 5.91 Å². The third-order valence-corrected chi connectivity index (χ3v) is 4.53. The smallest absolute Gasteiger partial charge is 0.223 e. The van der Waals surface area contributed by atoms with E-state index >= 15 is 0 Å². The van der Waals surface area contributed by atoms with E-state index in [9.17, 15) is 4.79 Å². The first-order chi connectivity index (χ1) is 9.75. The van der Waals surface area contributed by atoms with Crippen molar-refractivity contribution in [2.75, 3.05) is 13.2 Å². The molecule has 2 saturated carbocycles. The van der Waals surface area contributed by atoms with Crippen LogP contribution < -0.4 is 10.1 Å². The topological polar surface area (TPSA) is 38.3 Å². The van der Waals surface area contributed by atoms with Crippen molar-refractivity contribution in [2.45, 2.75) is 39.0 Å². The van der Waals surface area contributed by atoms with Crippen LogP contribution >= 0.6 is 0 Å². The largest absolute Gasteiger partial charge is 0.493 e. The van der Waals surface area contributed by atoms with Gasteiger partial charge in [-0.25, -0.2) is 0 Å². The average Bonchev–Trinajstić information content (AvgIpc) is 3.38. The first-order valence-electron chi connectivity index (χ1n) is 7.73. The van der Waals surface area contributed by atoms with Crippen LogP contribution in [0.2, 0.25) is 0 Å². The summed E-state index contributed by atoms with van der Waals surface area (Å²) < 4.78 is 5.73. The molecule has 0 radical (unpaired) electrons. The molecular weight excluding hydrogens is 250 g/mol. The summed E-state index contributed by atoms with van der Waals surface area (Å²) in [7, 11) is 0. The highest BCUT2D eigenvalue weighted by molar-refractivity contribution is 5.83. The van der Waals surface area contributed by atoms with E-state index in [1.165, 1.54) is 18.4 Å². The summed E-state index contributed by atoms with van der Waals surface area (Å²) in [4.78, 5) is 12.0. The van der Waals surface area contributed by atoms with Gasteiger partial charge in [0.05, 0.1) is 6.61 Å². The van der Waals surface area contributed by atoms with Crippen molar-refractivity contribution >= 4 is 5.91 Å². The molecule has 1 amide bonds. The number of benzene rings is 1. The van der Waals surface area contributed by atoms with E-state index in [0.717, 1.165) is 31.6 Å². The Morgan fingerprint density at radius 1 is 1.40 bits per heavy atom. The Bertz CT molecular complexity index is 494. The van der Waals surface area contributed by atoms with Crippen LogP contribution in [-0.4, -0.2) is 19.1 Å². The highest BCUT2D eigenvalue weighted by Gasteiger charge is 2.65. The van der Waals surface area contributed by atoms with Crippen molar-refractivity contribution in [1.29, 1.82) is 0 Å². The molecule has 108 valence electrons. The second-order valence-corrected chi connectivity index (χ2v) is 6.12. The molecule has 1 aromatic carbocycles. The standard InChI is InChI=1S/C17H23NO2/c1-2-11-20-15-6-4-3-5-13(15)7-10-18-16(19)14-12-17(14)8-9-17/h3-6,14H,2,7-12H2,1H3,(H,18,19). The molecule has 2 aliphatic carbocycles. The number of ether oxygens (including phenoxy) is 1. The Kier molecular flexibility index (Phi) is 3.68. The lowest BCUT2D eigenvalue weighted by atomic mass is 10.1. The van der Waals surface area contributed by atoms with Crippen LogP contribution in [-0.2, 0) is 11.2 Å². The molecule has 3 nitrogen and oxygen atoms in total. The lowest BCUT2D eigenvalue weighted by Gasteiger charge is -2.11. The van der Waals surface area contributed by atoms with Crippen LogP contribution in [0.3, 0.4) is 0 Å². The minimum absolute atomic E-state index is 0.259. The molecule has 0 saturated heterocycles. The molecule has 1 atom stereocenters. The Morgan fingerprint density at radius 3 is 2.90 bits per heavy atom. The summed E-state index contributed by atoms with van der Waals surface area (Å²) in [6, 6.07) is 8.10. The molecule has 2 aliphatic rings. The minimum Gasteiger partial charge on any atom is -0.493 e. The zero-order chi connectivity index (χ0) is 14.0. The fraction of sp³-hybridized carbons (Fsp3) is 0.588. The van der Waals surface area contributed by atoms with Gasteiger partial charge in [-0.05, 0) is 49.1 Å². The number of hydrogen-bond donors (Lipinski definition) is 1. The molecule has 0 aliphatic heterocycles. The number of amides is 1. The van der Waals surface area contributed by atoms with E-state index < -0.39 is 0 Å². The highest BCUT2D eigenvalue weighted by Crippen LogP contribution is 2.70. The molecule has 0 aromatic heterocycles. The van der Waals surface area contributed by atoms with Crippen molar-refractivity contribution in [3.05, 3.63) is 29.8 Å². The lowest BCUT2D eigenvalue weighted by molar-refractivity contribution is -0.122. The number of carbonyl (C=O) groups is 1. The maximum atomic E-state index is 12.0. The zero-order valence-electron chi connectivity index (χ0n) is 12.2. The van der Waals surface area contributed by atoms with Crippen LogP contribution in [0.15, 0.2) is 24.3 Å². The molecular formula is C17H23NO2. The van der Waals surface area contributed by atoms with E-state index in [1.54, 1.807) is 0 Å². The molecule has 1 aromatic rings. The van der Waals surface area contributed by atoms with E-state index in [4.69, 9.17) is 4.74 Å². The molecule has 0 heterocycles. The van der Waals surface area contributed by atoms with Gasteiger partial charge in [-0.15, -0.1) is 0 Å². The summed E-state index contributed by atoms with van der Waals surface area (Å²) in [5.74, 6) is 1.53. The minimum atomic E-state index is 0.259. The number of hydrogen-bond acceptors (Lipinski definition) is 2. The van der Waals surface area contributed by atoms with E-state index in [1.807, 2.05) is 18.2 Å². The number of carbonyl (C=O) groups excluding carboxylic acids is 1. The van der Waals surface area contributed by atoms with Crippen molar-refractivity contribution < 1.29 is 9.53 Å². The SMILES string of the molecule is CCCOc1ccccc1CCNC(=O)C1CC12CC2. The first-order valence-corrected chi connectivity index (χ1v) is 7.73. The molecule has 0 bridgehead atoms. The molecule has 1 unspecified atom stereocenters. The predicted molar refractivity (Wildman–Crippen MR) is 78.7 cm³/mol. The zero-order valence-corrected chi connectivity index (χ0v) is 12.2. The van der Waals surface area contributed by atoms with Gasteiger partial charge in [0, 0.05) is 12.5 Å².